The van der Waals surface area contributed by atoms with Gasteiger partial charge in [0, 0.05) is 5.38 Å². The predicted molar refractivity (Wildman–Crippen MR) is 46.0 cm³/mol. The Balaban J connectivity index is 2.09. The van der Waals surface area contributed by atoms with Gasteiger partial charge in [-0.25, -0.2) is 0 Å². The van der Waals surface area contributed by atoms with Crippen molar-refractivity contribution in [1.29, 1.82) is 0 Å². The van der Waals surface area contributed by atoms with Gasteiger partial charge in [-0.1, -0.05) is 0 Å². The van der Waals surface area contributed by atoms with E-state index in [9.17, 15) is 0 Å². The van der Waals surface area contributed by atoms with Crippen molar-refractivity contribution in [3.8, 4) is 0 Å². The van der Waals surface area contributed by atoms with Gasteiger partial charge >= 0.3 is 0 Å². The maximum atomic E-state index is 6.13. The Hall–Kier alpha value is 0.250. The minimum absolute atomic E-state index is 0.119. The molecule has 0 N–H and O–H groups in total. The van der Waals surface area contributed by atoms with E-state index in [0.717, 1.165) is 12.8 Å². The van der Waals surface area contributed by atoms with Crippen molar-refractivity contribution in [3.05, 3.63) is 0 Å². The first-order valence-corrected chi connectivity index (χ1v) is 4.93. The van der Waals surface area contributed by atoms with E-state index in [1.54, 1.807) is 0 Å². The van der Waals surface area contributed by atoms with Crippen LogP contribution in [0.2, 0.25) is 0 Å². The molecule has 2 saturated heterocycles. The second kappa shape index (κ2) is 2.63. The highest BCUT2D eigenvalue weighted by Crippen LogP contribution is 2.40. The molecule has 2 aliphatic rings. The highest BCUT2D eigenvalue weighted by atomic mass is 35.5. The molecular weight excluding hydrogens is 160 g/mol. The zero-order valence-electron chi connectivity index (χ0n) is 6.98. The summed E-state index contributed by atoms with van der Waals surface area (Å²) in [4.78, 5) is 0. The smallest absolute Gasteiger partial charge is 0.0672 e. The Labute approximate surface area is 73.1 Å². The molecule has 0 radical (unpaired) electrons. The zero-order chi connectivity index (χ0) is 7.90. The van der Waals surface area contributed by atoms with Crippen molar-refractivity contribution in [3.63, 3.8) is 0 Å². The molecule has 64 valence electrons. The van der Waals surface area contributed by atoms with E-state index in [0.29, 0.717) is 11.5 Å². The molecule has 2 aliphatic heterocycles. The number of alkyl halides is 1. The molecule has 0 saturated carbocycles. The quantitative estimate of drug-likeness (QED) is 0.514. The van der Waals surface area contributed by atoms with Crippen LogP contribution in [0.1, 0.15) is 39.0 Å². The lowest BCUT2D eigenvalue weighted by Gasteiger charge is -2.45. The fourth-order valence-corrected chi connectivity index (χ4v) is 2.90. The molecule has 0 spiro atoms. The molecule has 1 nitrogen and oxygen atoms in total. The molecule has 0 aliphatic carbocycles. The standard InChI is InChI=1S/C9H15ClO/c1-9-4-2-3-8(11-9)5-7(10)6-9/h7-8H,2-6H2,1H3/t7?,8-,9+/m0/s1. The lowest BCUT2D eigenvalue weighted by atomic mass is 9.83. The molecule has 2 heteroatoms. The highest BCUT2D eigenvalue weighted by molar-refractivity contribution is 6.20. The summed E-state index contributed by atoms with van der Waals surface area (Å²) in [5.41, 5.74) is 0.119. The van der Waals surface area contributed by atoms with Crippen molar-refractivity contribution in [2.45, 2.75) is 56.1 Å². The molecule has 0 aromatic rings. The normalized spacial score (nSPS) is 50.7. The Bertz CT molecular complexity index is 156. The van der Waals surface area contributed by atoms with E-state index in [1.807, 2.05) is 0 Å². The maximum Gasteiger partial charge on any atom is 0.0672 e. The summed E-state index contributed by atoms with van der Waals surface area (Å²) in [5, 5.41) is 0.360. The Kier molecular flexibility index (Phi) is 1.89. The fraction of sp³-hybridized carbons (Fsp3) is 1.00. The molecule has 11 heavy (non-hydrogen) atoms. The van der Waals surface area contributed by atoms with Gasteiger partial charge in [-0.2, -0.15) is 0 Å². The van der Waals surface area contributed by atoms with Crippen LogP contribution in [0.25, 0.3) is 0 Å². The van der Waals surface area contributed by atoms with Crippen molar-refractivity contribution in [1.82, 2.24) is 0 Å². The van der Waals surface area contributed by atoms with Gasteiger partial charge < -0.3 is 4.74 Å². The van der Waals surface area contributed by atoms with Gasteiger partial charge in [-0.3, -0.25) is 0 Å². The van der Waals surface area contributed by atoms with Gasteiger partial charge in [0.25, 0.3) is 0 Å². The van der Waals surface area contributed by atoms with Gasteiger partial charge in [0.05, 0.1) is 11.7 Å². The van der Waals surface area contributed by atoms with Crippen LogP contribution in [-0.2, 0) is 4.74 Å². The average Bonchev–Trinajstić information content (AvgIpc) is 1.82. The van der Waals surface area contributed by atoms with Crippen LogP contribution in [0.5, 0.6) is 0 Å². The van der Waals surface area contributed by atoms with Crippen molar-refractivity contribution in [2.75, 3.05) is 0 Å². The third-order valence-electron chi connectivity index (χ3n) is 2.85. The summed E-state index contributed by atoms with van der Waals surface area (Å²) in [6.45, 7) is 2.20. The number of fused-ring (bicyclic) bond motifs is 2. The molecule has 3 atom stereocenters. The molecule has 0 aromatic heterocycles. The van der Waals surface area contributed by atoms with E-state index in [2.05, 4.69) is 6.92 Å². The largest absolute Gasteiger partial charge is 0.372 e. The van der Waals surface area contributed by atoms with Gasteiger partial charge in [0.15, 0.2) is 0 Å². The first-order chi connectivity index (χ1) is 5.18. The second-order valence-electron chi connectivity index (χ2n) is 4.12. The number of halogens is 1. The SMILES string of the molecule is C[C@@]12CCC[C@@H](CC(Cl)C1)O2. The first-order valence-electron chi connectivity index (χ1n) is 4.50. The summed E-state index contributed by atoms with van der Waals surface area (Å²) in [6, 6.07) is 0. The molecule has 2 rings (SSSR count). The number of hydrogen-bond acceptors (Lipinski definition) is 1. The molecule has 0 amide bonds. The number of rotatable bonds is 0. The van der Waals surface area contributed by atoms with E-state index in [-0.39, 0.29) is 5.60 Å². The minimum Gasteiger partial charge on any atom is -0.372 e. The monoisotopic (exact) mass is 174 g/mol. The highest BCUT2D eigenvalue weighted by Gasteiger charge is 2.39. The summed E-state index contributed by atoms with van der Waals surface area (Å²) in [7, 11) is 0. The van der Waals surface area contributed by atoms with Crippen LogP contribution in [0.15, 0.2) is 0 Å². The molecule has 1 unspecified atom stereocenters. The summed E-state index contributed by atoms with van der Waals surface area (Å²) < 4.78 is 5.90. The van der Waals surface area contributed by atoms with Gasteiger partial charge in [0.2, 0.25) is 0 Å². The zero-order valence-corrected chi connectivity index (χ0v) is 7.73. The van der Waals surface area contributed by atoms with Crippen molar-refractivity contribution >= 4 is 11.6 Å². The van der Waals surface area contributed by atoms with Crippen LogP contribution in [0, 0.1) is 0 Å². The fourth-order valence-electron chi connectivity index (χ4n) is 2.38. The van der Waals surface area contributed by atoms with Crippen LogP contribution < -0.4 is 0 Å². The Morgan fingerprint density at radius 1 is 1.55 bits per heavy atom. The van der Waals surface area contributed by atoms with E-state index in [4.69, 9.17) is 16.3 Å². The third-order valence-corrected chi connectivity index (χ3v) is 3.19. The first kappa shape index (κ1) is 7.88. The number of ether oxygens (including phenoxy) is 1. The predicted octanol–water partition coefficient (Wildman–Crippen LogP) is 2.72. The van der Waals surface area contributed by atoms with E-state index in [1.165, 1.54) is 19.3 Å². The van der Waals surface area contributed by atoms with E-state index >= 15 is 0 Å². The topological polar surface area (TPSA) is 9.23 Å². The van der Waals surface area contributed by atoms with Crippen LogP contribution >= 0.6 is 11.6 Å². The molecular formula is C9H15ClO. The molecule has 2 fully saturated rings. The van der Waals surface area contributed by atoms with E-state index < -0.39 is 0 Å². The lowest BCUT2D eigenvalue weighted by molar-refractivity contribution is -0.147. The summed E-state index contributed by atoms with van der Waals surface area (Å²) in [5.74, 6) is 0. The van der Waals surface area contributed by atoms with Crippen molar-refractivity contribution < 1.29 is 4.74 Å². The number of hydrogen-bond donors (Lipinski definition) is 0. The molecule has 0 aromatic carbocycles. The van der Waals surface area contributed by atoms with Gasteiger partial charge in [-0.15, -0.1) is 11.6 Å². The summed E-state index contributed by atoms with van der Waals surface area (Å²) >= 11 is 6.13. The lowest BCUT2D eigenvalue weighted by Crippen LogP contribution is -2.45. The minimum atomic E-state index is 0.119. The second-order valence-corrected chi connectivity index (χ2v) is 4.74. The Morgan fingerprint density at radius 2 is 2.36 bits per heavy atom. The molecule has 2 heterocycles. The third kappa shape index (κ3) is 1.54. The van der Waals surface area contributed by atoms with Gasteiger partial charge in [0.1, 0.15) is 0 Å². The van der Waals surface area contributed by atoms with Crippen LogP contribution in [-0.4, -0.2) is 17.1 Å². The molecule has 2 bridgehead atoms. The average molecular weight is 175 g/mol. The van der Waals surface area contributed by atoms with Gasteiger partial charge in [-0.05, 0) is 39.0 Å². The summed E-state index contributed by atoms with van der Waals surface area (Å²) in [6.07, 6.45) is 6.32. The van der Waals surface area contributed by atoms with Crippen LogP contribution in [0.4, 0.5) is 0 Å². The van der Waals surface area contributed by atoms with Crippen LogP contribution in [0.3, 0.4) is 0 Å². The Morgan fingerprint density at radius 3 is 3.09 bits per heavy atom. The van der Waals surface area contributed by atoms with Crippen molar-refractivity contribution in [2.24, 2.45) is 0 Å². The maximum absolute atomic E-state index is 6.13.